The summed E-state index contributed by atoms with van der Waals surface area (Å²) in [5, 5.41) is 9.29. The molecule has 0 radical (unpaired) electrons. The van der Waals surface area contributed by atoms with E-state index in [-0.39, 0.29) is 5.69 Å². The van der Waals surface area contributed by atoms with E-state index in [1.165, 1.54) is 0 Å². The second-order valence-electron chi connectivity index (χ2n) is 4.77. The van der Waals surface area contributed by atoms with E-state index in [1.807, 2.05) is 0 Å². The SMILES string of the molecule is O=C1C(Cl)=C(Cl)C(=NS(=O)(=O)c2ccc([N+](=O)[O-])cc2)C(Cl)(Cl)C1(Cl)Cl. The molecule has 0 unspecified atom stereocenters. The third-order valence-electron chi connectivity index (χ3n) is 3.13. The highest BCUT2D eigenvalue weighted by molar-refractivity contribution is 7.90. The molecule has 0 fully saturated rings. The van der Waals surface area contributed by atoms with Crippen LogP contribution in [0.25, 0.3) is 0 Å². The molecule has 0 spiro atoms. The molecule has 140 valence electrons. The number of hydrogen-bond donors (Lipinski definition) is 0. The number of non-ortho nitro benzene ring substituents is 1. The Balaban J connectivity index is 2.65. The summed E-state index contributed by atoms with van der Waals surface area (Å²) in [6.07, 6.45) is 0. The number of carbonyl (C=O) groups is 1. The smallest absolute Gasteiger partial charge is 0.282 e. The van der Waals surface area contributed by atoms with Gasteiger partial charge in [0.15, 0.2) is 0 Å². The molecular formula is C12H4Cl6N2O5S. The number of carbonyl (C=O) groups excluding carboxylic acids is 1. The van der Waals surface area contributed by atoms with E-state index in [0.29, 0.717) is 0 Å². The molecule has 7 nitrogen and oxygen atoms in total. The lowest BCUT2D eigenvalue weighted by atomic mass is 10.0. The number of alkyl halides is 4. The molecule has 0 saturated heterocycles. The zero-order chi connectivity index (χ0) is 20.1. The molecule has 0 aromatic heterocycles. The van der Waals surface area contributed by atoms with Crippen molar-refractivity contribution in [3.8, 4) is 0 Å². The summed E-state index contributed by atoms with van der Waals surface area (Å²) < 4.78 is 23.2. The number of rotatable bonds is 3. The van der Waals surface area contributed by atoms with Gasteiger partial charge in [0, 0.05) is 12.1 Å². The lowest BCUT2D eigenvalue weighted by Gasteiger charge is -2.35. The first-order valence-corrected chi connectivity index (χ1v) is 9.90. The van der Waals surface area contributed by atoms with Crippen molar-refractivity contribution >= 4 is 96.8 Å². The van der Waals surface area contributed by atoms with Crippen LogP contribution in [-0.4, -0.2) is 33.5 Å². The van der Waals surface area contributed by atoms with Gasteiger partial charge in [-0.3, -0.25) is 14.9 Å². The van der Waals surface area contributed by atoms with Gasteiger partial charge in [0.1, 0.15) is 10.7 Å². The van der Waals surface area contributed by atoms with Crippen LogP contribution in [0.2, 0.25) is 0 Å². The van der Waals surface area contributed by atoms with Crippen molar-refractivity contribution in [1.82, 2.24) is 0 Å². The normalized spacial score (nSPS) is 21.2. The lowest BCUT2D eigenvalue weighted by molar-refractivity contribution is -0.384. The van der Waals surface area contributed by atoms with Crippen LogP contribution in [0.15, 0.2) is 43.6 Å². The minimum Gasteiger partial charge on any atom is -0.290 e. The molecular weight excluding hydrogens is 497 g/mol. The van der Waals surface area contributed by atoms with Crippen LogP contribution < -0.4 is 0 Å². The number of nitrogens with zero attached hydrogens (tertiary/aromatic N) is 2. The first-order valence-electron chi connectivity index (χ1n) is 6.19. The molecule has 2 rings (SSSR count). The molecule has 0 bridgehead atoms. The Morgan fingerprint density at radius 1 is 0.962 bits per heavy atom. The molecule has 1 aromatic rings. The average molecular weight is 501 g/mol. The number of sulfonamides is 1. The fourth-order valence-corrected chi connectivity index (χ4v) is 4.49. The topological polar surface area (TPSA) is 107 Å². The fraction of sp³-hybridized carbons (Fsp3) is 0.167. The van der Waals surface area contributed by atoms with Crippen molar-refractivity contribution in [3.05, 3.63) is 44.4 Å². The van der Waals surface area contributed by atoms with Gasteiger partial charge >= 0.3 is 0 Å². The maximum Gasteiger partial charge on any atom is 0.282 e. The van der Waals surface area contributed by atoms with Gasteiger partial charge in [-0.2, -0.15) is 12.8 Å². The minimum atomic E-state index is -4.51. The monoisotopic (exact) mass is 498 g/mol. The van der Waals surface area contributed by atoms with E-state index in [9.17, 15) is 23.3 Å². The molecule has 1 aliphatic rings. The van der Waals surface area contributed by atoms with Crippen LogP contribution in [0.5, 0.6) is 0 Å². The Morgan fingerprint density at radius 3 is 1.92 bits per heavy atom. The Labute approximate surface area is 176 Å². The van der Waals surface area contributed by atoms with Crippen molar-refractivity contribution in [2.24, 2.45) is 4.40 Å². The summed E-state index contributed by atoms with van der Waals surface area (Å²) in [6, 6.07) is 3.76. The predicted octanol–water partition coefficient (Wildman–Crippen LogP) is 4.34. The third kappa shape index (κ3) is 3.56. The van der Waals surface area contributed by atoms with E-state index in [4.69, 9.17) is 69.6 Å². The standard InChI is InChI=1S/C12H4Cl6N2O5S/c13-7-8(14)10(21)12(17,18)11(15,16)9(7)19-26(24,25)6-3-1-5(2-4-6)20(22)23/h1-4H. The second kappa shape index (κ2) is 7.09. The molecule has 14 heteroatoms. The number of hydrogen-bond acceptors (Lipinski definition) is 5. The van der Waals surface area contributed by atoms with Gasteiger partial charge < -0.3 is 0 Å². The van der Waals surface area contributed by atoms with Crippen molar-refractivity contribution in [1.29, 1.82) is 0 Å². The fourth-order valence-electron chi connectivity index (χ4n) is 1.78. The van der Waals surface area contributed by atoms with Crippen molar-refractivity contribution in [2.45, 2.75) is 13.6 Å². The van der Waals surface area contributed by atoms with Gasteiger partial charge in [0.25, 0.3) is 15.7 Å². The van der Waals surface area contributed by atoms with Crippen molar-refractivity contribution < 1.29 is 18.1 Å². The molecule has 0 atom stereocenters. The number of benzene rings is 1. The highest BCUT2D eigenvalue weighted by Gasteiger charge is 2.61. The molecule has 1 aliphatic carbocycles. The van der Waals surface area contributed by atoms with Crippen molar-refractivity contribution in [3.63, 3.8) is 0 Å². The molecule has 26 heavy (non-hydrogen) atoms. The highest BCUT2D eigenvalue weighted by Crippen LogP contribution is 2.52. The van der Waals surface area contributed by atoms with Gasteiger partial charge in [-0.05, 0) is 12.1 Å². The minimum absolute atomic E-state index is 0.342. The molecule has 0 aliphatic heterocycles. The Hall–Kier alpha value is -0.610. The summed E-state index contributed by atoms with van der Waals surface area (Å²) in [4.78, 5) is 21.5. The third-order valence-corrected chi connectivity index (χ3v) is 7.47. The Bertz CT molecular complexity index is 968. The zero-order valence-electron chi connectivity index (χ0n) is 11.9. The summed E-state index contributed by atoms with van der Waals surface area (Å²) in [5.74, 6) is -1.14. The lowest BCUT2D eigenvalue weighted by Crippen LogP contribution is -2.53. The van der Waals surface area contributed by atoms with Crippen LogP contribution in [0.4, 0.5) is 5.69 Å². The summed E-state index contributed by atoms with van der Waals surface area (Å²) >= 11 is 35.1. The summed E-state index contributed by atoms with van der Waals surface area (Å²) in [7, 11) is -4.51. The molecule has 0 N–H and O–H groups in total. The van der Waals surface area contributed by atoms with Crippen molar-refractivity contribution in [2.75, 3.05) is 0 Å². The van der Waals surface area contributed by atoms with Gasteiger partial charge in [0.2, 0.25) is 14.4 Å². The van der Waals surface area contributed by atoms with E-state index >= 15 is 0 Å². The van der Waals surface area contributed by atoms with Gasteiger partial charge in [-0.15, -0.1) is 0 Å². The predicted molar refractivity (Wildman–Crippen MR) is 100 cm³/mol. The first-order chi connectivity index (χ1) is 11.7. The second-order valence-corrected chi connectivity index (χ2v) is 9.79. The van der Waals surface area contributed by atoms with Gasteiger partial charge in [-0.1, -0.05) is 69.6 Å². The van der Waals surface area contributed by atoms with Gasteiger partial charge in [-0.25, -0.2) is 0 Å². The zero-order valence-corrected chi connectivity index (χ0v) is 17.3. The van der Waals surface area contributed by atoms with E-state index in [0.717, 1.165) is 24.3 Å². The van der Waals surface area contributed by atoms with Crippen LogP contribution in [-0.2, 0) is 14.8 Å². The summed E-state index contributed by atoms with van der Waals surface area (Å²) in [6.45, 7) is 0. The van der Waals surface area contributed by atoms with Crippen LogP contribution >= 0.6 is 69.6 Å². The average Bonchev–Trinajstić information content (AvgIpc) is 2.56. The van der Waals surface area contributed by atoms with E-state index in [2.05, 4.69) is 4.40 Å². The first kappa shape index (κ1) is 21.7. The summed E-state index contributed by atoms with van der Waals surface area (Å²) in [5.41, 5.74) is -1.11. The Kier molecular flexibility index (Phi) is 5.91. The molecule has 0 saturated carbocycles. The number of Topliss-reactive ketones (excluding diaryl/α,β-unsaturated/α-hetero) is 1. The number of allylic oxidation sites excluding steroid dienone is 2. The largest absolute Gasteiger partial charge is 0.290 e. The Morgan fingerprint density at radius 2 is 1.46 bits per heavy atom. The number of halogens is 6. The maximum absolute atomic E-state index is 12.4. The number of nitro groups is 1. The van der Waals surface area contributed by atoms with Crippen LogP contribution in [0.1, 0.15) is 0 Å². The van der Waals surface area contributed by atoms with E-state index in [1.54, 1.807) is 0 Å². The maximum atomic E-state index is 12.4. The molecule has 1 aromatic carbocycles. The van der Waals surface area contributed by atoms with E-state index < -0.39 is 50.1 Å². The van der Waals surface area contributed by atoms with Gasteiger partial charge in [0.05, 0.1) is 14.9 Å². The number of nitro benzene ring substituents is 1. The molecule has 0 amide bonds. The number of ketones is 1. The highest BCUT2D eigenvalue weighted by atomic mass is 35.5. The van der Waals surface area contributed by atoms with Crippen LogP contribution in [0.3, 0.4) is 0 Å². The quantitative estimate of drug-likeness (QED) is 0.348. The molecule has 0 heterocycles. The van der Waals surface area contributed by atoms with Crippen LogP contribution in [0, 0.1) is 10.1 Å².